The fourth-order valence-electron chi connectivity index (χ4n) is 3.39. The normalized spacial score (nSPS) is 18.5. The molecule has 2 aromatic heterocycles. The van der Waals surface area contributed by atoms with Gasteiger partial charge in [0.15, 0.2) is 11.7 Å². The van der Waals surface area contributed by atoms with Crippen molar-refractivity contribution in [3.63, 3.8) is 0 Å². The number of carbonyl (C=O) groups is 1. The summed E-state index contributed by atoms with van der Waals surface area (Å²) in [7, 11) is 0. The van der Waals surface area contributed by atoms with Gasteiger partial charge in [-0.15, -0.1) is 11.3 Å². The average molecular weight is 574 g/mol. The summed E-state index contributed by atoms with van der Waals surface area (Å²) >= 11 is 10.3. The Kier molecular flexibility index (Phi) is 6.16. The maximum Gasteiger partial charge on any atom is 0.416 e. The predicted molar refractivity (Wildman–Crippen MR) is 115 cm³/mol. The number of alkyl halides is 6. The lowest BCUT2D eigenvalue weighted by Gasteiger charge is -2.33. The zero-order valence-corrected chi connectivity index (χ0v) is 19.2. The molecule has 33 heavy (non-hydrogen) atoms. The minimum absolute atomic E-state index is 0.0568. The topological polar surface area (TPSA) is 59.0 Å². The number of fused-ring (bicyclic) bond motifs is 1. The van der Waals surface area contributed by atoms with E-state index in [2.05, 4.69) is 31.7 Å². The van der Waals surface area contributed by atoms with Gasteiger partial charge in [-0.1, -0.05) is 17.7 Å². The van der Waals surface area contributed by atoms with E-state index in [1.54, 1.807) is 17.5 Å². The third-order valence-corrected chi connectivity index (χ3v) is 7.01. The van der Waals surface area contributed by atoms with Gasteiger partial charge in [-0.2, -0.15) is 31.4 Å². The molecule has 2 N–H and O–H groups in total. The van der Waals surface area contributed by atoms with Crippen molar-refractivity contribution in [1.29, 1.82) is 0 Å². The lowest BCUT2D eigenvalue weighted by molar-refractivity contribution is -0.173. The molecule has 0 saturated carbocycles. The summed E-state index contributed by atoms with van der Waals surface area (Å²) < 4.78 is 81.0. The van der Waals surface area contributed by atoms with E-state index >= 15 is 0 Å². The highest BCUT2D eigenvalue weighted by molar-refractivity contribution is 9.10. The highest BCUT2D eigenvalue weighted by Gasteiger charge is 2.48. The number of hydrogen-bond acceptors (Lipinski definition) is 4. The molecule has 14 heteroatoms. The predicted octanol–water partition coefficient (Wildman–Crippen LogP) is 7.29. The number of nitrogens with zero attached hydrogens (tertiary/aromatic N) is 2. The largest absolute Gasteiger partial charge is 0.416 e. The van der Waals surface area contributed by atoms with Crippen molar-refractivity contribution < 1.29 is 31.1 Å². The number of aromatic nitrogens is 2. The highest BCUT2D eigenvalue weighted by Crippen LogP contribution is 2.47. The number of halogens is 8. The number of hydrogen-bond donors (Lipinski definition) is 2. The molecule has 1 aliphatic rings. The number of amides is 1. The molecule has 3 heterocycles. The summed E-state index contributed by atoms with van der Waals surface area (Å²) in [5.41, 5.74) is -1.85. The fraction of sp³-hybridized carbons (Fsp3) is 0.263. The van der Waals surface area contributed by atoms with E-state index < -0.39 is 41.6 Å². The molecule has 2 unspecified atom stereocenters. The first kappa shape index (κ1) is 23.9. The Bertz CT molecular complexity index is 1190. The number of anilines is 2. The van der Waals surface area contributed by atoms with Crippen LogP contribution in [0.15, 0.2) is 40.2 Å². The molecule has 0 radical (unpaired) electrons. The van der Waals surface area contributed by atoms with Crippen molar-refractivity contribution in [2.45, 2.75) is 30.9 Å². The van der Waals surface area contributed by atoms with E-state index in [9.17, 15) is 31.1 Å². The van der Waals surface area contributed by atoms with Gasteiger partial charge in [-0.05, 0) is 45.6 Å². The summed E-state index contributed by atoms with van der Waals surface area (Å²) in [4.78, 5) is 13.4. The van der Waals surface area contributed by atoms with Crippen molar-refractivity contribution in [2.75, 3.05) is 10.6 Å². The third-order valence-electron chi connectivity index (χ3n) is 4.94. The van der Waals surface area contributed by atoms with E-state index in [4.69, 9.17) is 11.6 Å². The number of carbonyl (C=O) groups excluding carboxylic acids is 1. The van der Waals surface area contributed by atoms with Crippen molar-refractivity contribution in [1.82, 2.24) is 9.78 Å². The number of benzene rings is 1. The van der Waals surface area contributed by atoms with E-state index in [1.807, 2.05) is 0 Å². The van der Waals surface area contributed by atoms with Crippen LogP contribution in [0.1, 0.15) is 39.4 Å². The zero-order chi connectivity index (χ0) is 24.1. The Morgan fingerprint density at radius 2 is 1.97 bits per heavy atom. The average Bonchev–Trinajstić information content (AvgIpc) is 3.36. The second-order valence-corrected chi connectivity index (χ2v) is 9.29. The van der Waals surface area contributed by atoms with Crippen LogP contribution in [0.2, 0.25) is 5.02 Å². The summed E-state index contributed by atoms with van der Waals surface area (Å²) in [6, 6.07) is 3.04. The quantitative estimate of drug-likeness (QED) is 0.324. The molecule has 0 fully saturated rings. The minimum atomic E-state index is -4.68. The van der Waals surface area contributed by atoms with Crippen LogP contribution < -0.4 is 10.6 Å². The summed E-state index contributed by atoms with van der Waals surface area (Å²) in [6.07, 6.45) is -9.69. The molecule has 0 bridgehead atoms. The molecule has 3 aromatic rings. The number of thiophene rings is 1. The standard InChI is InChI=1S/C19H12BrClF6N4OS/c20-14-15(17(32)29-10-6-8(18(22,23)24)3-4-9(10)21)30-31-13(19(25,26)27)7-11(28-16(14)31)12-2-1-5-33-12/h1-6,11,13,28H,7H2,(H,29,32). The molecule has 1 amide bonds. The number of rotatable bonds is 3. The Morgan fingerprint density at radius 3 is 2.58 bits per heavy atom. The second kappa shape index (κ2) is 8.51. The molecule has 0 aliphatic carbocycles. The molecule has 0 spiro atoms. The molecular formula is C19H12BrClF6N4OS. The Labute approximate surface area is 199 Å². The SMILES string of the molecule is O=C(Nc1cc(C(F)(F)F)ccc1Cl)c1nn2c(c1Br)NC(c1cccs1)CC2C(F)(F)F. The fourth-order valence-corrected chi connectivity index (χ4v) is 4.90. The Hall–Kier alpha value is -2.25. The molecule has 1 aromatic carbocycles. The van der Waals surface area contributed by atoms with Crippen LogP contribution in [-0.4, -0.2) is 21.9 Å². The number of nitrogens with one attached hydrogen (secondary N) is 2. The van der Waals surface area contributed by atoms with Crippen molar-refractivity contribution >= 4 is 56.3 Å². The van der Waals surface area contributed by atoms with Gasteiger partial charge in [0.2, 0.25) is 0 Å². The van der Waals surface area contributed by atoms with Gasteiger partial charge in [0.1, 0.15) is 5.82 Å². The van der Waals surface area contributed by atoms with Gasteiger partial charge in [0, 0.05) is 11.3 Å². The lowest BCUT2D eigenvalue weighted by Crippen LogP contribution is -2.35. The monoisotopic (exact) mass is 572 g/mol. The molecule has 1 aliphatic heterocycles. The molecule has 5 nitrogen and oxygen atoms in total. The minimum Gasteiger partial charge on any atom is -0.362 e. The van der Waals surface area contributed by atoms with E-state index in [0.717, 1.165) is 12.1 Å². The van der Waals surface area contributed by atoms with Gasteiger partial charge < -0.3 is 10.6 Å². The molecule has 0 saturated heterocycles. The molecule has 176 valence electrons. The Morgan fingerprint density at radius 1 is 1.24 bits per heavy atom. The van der Waals surface area contributed by atoms with Gasteiger partial charge in [-0.25, -0.2) is 4.68 Å². The van der Waals surface area contributed by atoms with Crippen LogP contribution in [0.3, 0.4) is 0 Å². The lowest BCUT2D eigenvalue weighted by atomic mass is 10.0. The zero-order valence-electron chi connectivity index (χ0n) is 16.1. The van der Waals surface area contributed by atoms with Crippen LogP contribution in [0.5, 0.6) is 0 Å². The summed E-state index contributed by atoms with van der Waals surface area (Å²) in [5.74, 6) is -1.09. The van der Waals surface area contributed by atoms with E-state index in [0.29, 0.717) is 15.6 Å². The van der Waals surface area contributed by atoms with Gasteiger partial charge in [0.05, 0.1) is 26.8 Å². The van der Waals surface area contributed by atoms with Gasteiger partial charge in [-0.3, -0.25) is 4.79 Å². The Balaban J connectivity index is 1.69. The van der Waals surface area contributed by atoms with E-state index in [1.165, 1.54) is 11.3 Å². The van der Waals surface area contributed by atoms with Crippen LogP contribution in [0.25, 0.3) is 0 Å². The first-order chi connectivity index (χ1) is 15.4. The van der Waals surface area contributed by atoms with Crippen LogP contribution in [0.4, 0.5) is 37.8 Å². The smallest absolute Gasteiger partial charge is 0.362 e. The van der Waals surface area contributed by atoms with Crippen LogP contribution in [-0.2, 0) is 6.18 Å². The maximum atomic E-state index is 13.8. The molecule has 4 rings (SSSR count). The first-order valence-electron chi connectivity index (χ1n) is 9.19. The van der Waals surface area contributed by atoms with Crippen LogP contribution in [0, 0.1) is 0 Å². The second-order valence-electron chi connectivity index (χ2n) is 7.11. The van der Waals surface area contributed by atoms with Gasteiger partial charge in [0.25, 0.3) is 5.91 Å². The van der Waals surface area contributed by atoms with Gasteiger partial charge >= 0.3 is 12.4 Å². The summed E-state index contributed by atoms with van der Waals surface area (Å²) in [5, 5.41) is 10.5. The van der Waals surface area contributed by atoms with Crippen molar-refractivity contribution in [2.24, 2.45) is 0 Å². The third kappa shape index (κ3) is 4.71. The maximum absolute atomic E-state index is 13.8. The van der Waals surface area contributed by atoms with Crippen LogP contribution >= 0.6 is 38.9 Å². The van der Waals surface area contributed by atoms with E-state index in [-0.39, 0.29) is 27.4 Å². The molecular weight excluding hydrogens is 562 g/mol. The highest BCUT2D eigenvalue weighted by atomic mass is 79.9. The van der Waals surface area contributed by atoms with Crippen molar-refractivity contribution in [3.8, 4) is 0 Å². The summed E-state index contributed by atoms with van der Waals surface area (Å²) in [6.45, 7) is 0. The molecule has 2 atom stereocenters. The van der Waals surface area contributed by atoms with Crippen molar-refractivity contribution in [3.05, 3.63) is 61.3 Å². The first-order valence-corrected chi connectivity index (χ1v) is 11.2.